The number of methoxy groups -OCH3 is 2. The van der Waals surface area contributed by atoms with Gasteiger partial charge in [0.2, 0.25) is 0 Å². The van der Waals surface area contributed by atoms with E-state index in [0.29, 0.717) is 40.7 Å². The van der Waals surface area contributed by atoms with E-state index in [1.807, 2.05) is 13.0 Å². The first-order valence-electron chi connectivity index (χ1n) is 11.2. The summed E-state index contributed by atoms with van der Waals surface area (Å²) in [6, 6.07) is 18.4. The molecule has 0 bridgehead atoms. The van der Waals surface area contributed by atoms with E-state index in [1.54, 1.807) is 55.6 Å². The summed E-state index contributed by atoms with van der Waals surface area (Å²) in [6.07, 6.45) is 1.47. The van der Waals surface area contributed by atoms with Gasteiger partial charge in [-0.3, -0.25) is 4.79 Å². The van der Waals surface area contributed by atoms with Gasteiger partial charge in [-0.1, -0.05) is 18.2 Å². The smallest absolute Gasteiger partial charge is 0.262 e. The standard InChI is InChI=1S/C28H27FN2O5/c1-4-35-27-14-19(8-11-25(27)36-18-20-6-5-7-23(29)13-20)12-22(16-30)28(32)31-17-21-9-10-24(33-2)15-26(21)34-3/h5-15H,4,17-18H2,1-3H3,(H,31,32)/b22-12+. The van der Waals surface area contributed by atoms with Crippen LogP contribution in [0.25, 0.3) is 6.08 Å². The first kappa shape index (κ1) is 26.1. The van der Waals surface area contributed by atoms with Crippen LogP contribution in [0.15, 0.2) is 66.2 Å². The Morgan fingerprint density at radius 3 is 2.53 bits per heavy atom. The monoisotopic (exact) mass is 490 g/mol. The molecule has 3 aromatic carbocycles. The average Bonchev–Trinajstić information content (AvgIpc) is 2.90. The fourth-order valence-corrected chi connectivity index (χ4v) is 3.37. The molecule has 8 heteroatoms. The molecule has 3 aromatic rings. The summed E-state index contributed by atoms with van der Waals surface area (Å²) in [5.41, 5.74) is 1.93. The predicted molar refractivity (Wildman–Crippen MR) is 133 cm³/mol. The van der Waals surface area contributed by atoms with Gasteiger partial charge in [-0.25, -0.2) is 4.39 Å². The maximum Gasteiger partial charge on any atom is 0.262 e. The van der Waals surface area contributed by atoms with Crippen molar-refractivity contribution in [1.29, 1.82) is 5.26 Å². The molecule has 36 heavy (non-hydrogen) atoms. The topological polar surface area (TPSA) is 89.8 Å². The third kappa shape index (κ3) is 7.00. The molecule has 3 rings (SSSR count). The van der Waals surface area contributed by atoms with E-state index in [4.69, 9.17) is 18.9 Å². The van der Waals surface area contributed by atoms with Gasteiger partial charge >= 0.3 is 0 Å². The molecule has 0 heterocycles. The van der Waals surface area contributed by atoms with Crippen LogP contribution in [-0.2, 0) is 17.9 Å². The van der Waals surface area contributed by atoms with Crippen LogP contribution in [0.2, 0.25) is 0 Å². The maximum absolute atomic E-state index is 13.4. The summed E-state index contributed by atoms with van der Waals surface area (Å²) in [7, 11) is 3.09. The Kier molecular flexibility index (Phi) is 9.29. The van der Waals surface area contributed by atoms with Crippen molar-refractivity contribution in [3.8, 4) is 29.1 Å². The summed E-state index contributed by atoms with van der Waals surface area (Å²) < 4.78 is 35.5. The molecule has 0 aliphatic carbocycles. The van der Waals surface area contributed by atoms with Crippen LogP contribution in [0.3, 0.4) is 0 Å². The normalized spacial score (nSPS) is 10.8. The molecule has 0 atom stereocenters. The van der Waals surface area contributed by atoms with Gasteiger partial charge < -0.3 is 24.3 Å². The van der Waals surface area contributed by atoms with Crippen LogP contribution >= 0.6 is 0 Å². The van der Waals surface area contributed by atoms with Gasteiger partial charge in [-0.15, -0.1) is 0 Å². The first-order chi connectivity index (χ1) is 17.5. The van der Waals surface area contributed by atoms with Crippen LogP contribution < -0.4 is 24.3 Å². The lowest BCUT2D eigenvalue weighted by molar-refractivity contribution is -0.117. The second kappa shape index (κ2) is 12.8. The average molecular weight is 491 g/mol. The van der Waals surface area contributed by atoms with Crippen molar-refractivity contribution in [1.82, 2.24) is 5.32 Å². The zero-order chi connectivity index (χ0) is 25.9. The van der Waals surface area contributed by atoms with Gasteiger partial charge in [-0.2, -0.15) is 5.26 Å². The number of benzene rings is 3. The summed E-state index contributed by atoms with van der Waals surface area (Å²) in [6.45, 7) is 2.55. The van der Waals surface area contributed by atoms with Crippen LogP contribution in [0.4, 0.5) is 4.39 Å². The molecule has 0 saturated heterocycles. The van der Waals surface area contributed by atoms with Crippen LogP contribution in [0.1, 0.15) is 23.6 Å². The first-order valence-corrected chi connectivity index (χ1v) is 11.2. The molecule has 1 N–H and O–H groups in total. The van der Waals surface area contributed by atoms with Gasteiger partial charge in [0, 0.05) is 18.2 Å². The van der Waals surface area contributed by atoms with Crippen molar-refractivity contribution in [3.05, 3.63) is 88.7 Å². The molecule has 0 fully saturated rings. The van der Waals surface area contributed by atoms with E-state index < -0.39 is 5.91 Å². The van der Waals surface area contributed by atoms with Crippen molar-refractivity contribution in [2.45, 2.75) is 20.1 Å². The predicted octanol–water partition coefficient (Wildman–Crippen LogP) is 5.04. The quantitative estimate of drug-likeness (QED) is 0.299. The van der Waals surface area contributed by atoms with Crippen molar-refractivity contribution >= 4 is 12.0 Å². The van der Waals surface area contributed by atoms with Crippen molar-refractivity contribution < 1.29 is 28.1 Å². The fraction of sp³-hybridized carbons (Fsp3) is 0.214. The minimum atomic E-state index is -0.528. The molecular formula is C28H27FN2O5. The maximum atomic E-state index is 13.4. The van der Waals surface area contributed by atoms with Gasteiger partial charge in [0.05, 0.1) is 20.8 Å². The molecule has 0 aliphatic heterocycles. The lowest BCUT2D eigenvalue weighted by atomic mass is 10.1. The minimum absolute atomic E-state index is 0.0710. The summed E-state index contributed by atoms with van der Waals surface area (Å²) >= 11 is 0. The number of nitrogens with zero attached hydrogens (tertiary/aromatic N) is 1. The van der Waals surface area contributed by atoms with E-state index in [0.717, 1.165) is 5.56 Å². The van der Waals surface area contributed by atoms with Crippen LogP contribution in [-0.4, -0.2) is 26.7 Å². The highest BCUT2D eigenvalue weighted by molar-refractivity contribution is 6.01. The number of halogens is 1. The zero-order valence-electron chi connectivity index (χ0n) is 20.3. The lowest BCUT2D eigenvalue weighted by Gasteiger charge is -2.13. The van der Waals surface area contributed by atoms with Crippen molar-refractivity contribution in [2.75, 3.05) is 20.8 Å². The number of nitriles is 1. The Labute approximate surface area is 209 Å². The number of carbonyl (C=O) groups is 1. The SMILES string of the molecule is CCOc1cc(/C=C(\C#N)C(=O)NCc2ccc(OC)cc2OC)ccc1OCc1cccc(F)c1. The Morgan fingerprint density at radius 1 is 1.00 bits per heavy atom. The summed E-state index contributed by atoms with van der Waals surface area (Å²) in [5.74, 6) is 1.24. The Balaban J connectivity index is 1.73. The molecule has 7 nitrogen and oxygen atoms in total. The Hall–Kier alpha value is -4.51. The zero-order valence-corrected chi connectivity index (χ0v) is 20.3. The third-order valence-corrected chi connectivity index (χ3v) is 5.16. The molecule has 1 amide bonds. The van der Waals surface area contributed by atoms with E-state index >= 15 is 0 Å². The van der Waals surface area contributed by atoms with Crippen LogP contribution in [0.5, 0.6) is 23.0 Å². The van der Waals surface area contributed by atoms with Gasteiger partial charge in [-0.05, 0) is 60.5 Å². The van der Waals surface area contributed by atoms with Crippen molar-refractivity contribution in [3.63, 3.8) is 0 Å². The highest BCUT2D eigenvalue weighted by Crippen LogP contribution is 2.30. The molecule has 0 aromatic heterocycles. The molecule has 0 aliphatic rings. The highest BCUT2D eigenvalue weighted by Gasteiger charge is 2.13. The molecule has 186 valence electrons. The second-order valence-electron chi connectivity index (χ2n) is 7.59. The van der Waals surface area contributed by atoms with Crippen LogP contribution in [0, 0.1) is 17.1 Å². The lowest BCUT2D eigenvalue weighted by Crippen LogP contribution is -2.24. The Morgan fingerprint density at radius 2 is 1.83 bits per heavy atom. The number of nitrogens with one attached hydrogen (secondary N) is 1. The van der Waals surface area contributed by atoms with Gasteiger partial charge in [0.25, 0.3) is 5.91 Å². The second-order valence-corrected chi connectivity index (χ2v) is 7.59. The number of rotatable bonds is 11. The number of ether oxygens (including phenoxy) is 4. The molecule has 0 spiro atoms. The minimum Gasteiger partial charge on any atom is -0.497 e. The van der Waals surface area contributed by atoms with Gasteiger partial charge in [0.1, 0.15) is 35.6 Å². The number of hydrogen-bond acceptors (Lipinski definition) is 6. The van der Waals surface area contributed by atoms with E-state index in [-0.39, 0.29) is 24.5 Å². The number of hydrogen-bond donors (Lipinski definition) is 1. The van der Waals surface area contributed by atoms with E-state index in [2.05, 4.69) is 5.32 Å². The molecule has 0 unspecified atom stereocenters. The fourth-order valence-electron chi connectivity index (χ4n) is 3.37. The summed E-state index contributed by atoms with van der Waals surface area (Å²) in [4.78, 5) is 12.7. The number of amides is 1. The van der Waals surface area contributed by atoms with E-state index in [1.165, 1.54) is 25.3 Å². The Bertz CT molecular complexity index is 1280. The largest absolute Gasteiger partial charge is 0.497 e. The van der Waals surface area contributed by atoms with Crippen molar-refractivity contribution in [2.24, 2.45) is 0 Å². The molecule has 0 saturated carbocycles. The highest BCUT2D eigenvalue weighted by atomic mass is 19.1. The van der Waals surface area contributed by atoms with E-state index in [9.17, 15) is 14.4 Å². The summed E-state index contributed by atoms with van der Waals surface area (Å²) in [5, 5.41) is 12.3. The third-order valence-electron chi connectivity index (χ3n) is 5.16. The molecular weight excluding hydrogens is 463 g/mol. The van der Waals surface area contributed by atoms with Gasteiger partial charge in [0.15, 0.2) is 11.5 Å². The number of carbonyl (C=O) groups excluding carboxylic acids is 1. The molecule has 0 radical (unpaired) electrons.